The first kappa shape index (κ1) is 14.2. The Labute approximate surface area is 136 Å². The van der Waals surface area contributed by atoms with Crippen molar-refractivity contribution in [2.24, 2.45) is 11.8 Å². The van der Waals surface area contributed by atoms with Gasteiger partial charge < -0.3 is 0 Å². The fourth-order valence-electron chi connectivity index (χ4n) is 3.54. The normalized spacial score (nSPS) is 25.0. The number of carbonyl (C=O) groups excluding carboxylic acids is 2. The zero-order chi connectivity index (χ0) is 15.3. The van der Waals surface area contributed by atoms with Gasteiger partial charge in [0.1, 0.15) is 0 Å². The van der Waals surface area contributed by atoms with Crippen molar-refractivity contribution in [1.82, 2.24) is 4.98 Å². The Kier molecular flexibility index (Phi) is 3.46. The second-order valence-electron chi connectivity index (χ2n) is 5.85. The SMILES string of the molecule is CSc1nc2ccc(N3C(=O)[C@H]4CCCC[C@H]4C3=O)cc2s1. The van der Waals surface area contributed by atoms with Crippen LogP contribution in [0, 0.1) is 11.8 Å². The van der Waals surface area contributed by atoms with Crippen molar-refractivity contribution in [3.8, 4) is 0 Å². The molecule has 0 radical (unpaired) electrons. The number of aromatic nitrogens is 1. The van der Waals surface area contributed by atoms with Gasteiger partial charge in [-0.15, -0.1) is 11.3 Å². The van der Waals surface area contributed by atoms with Crippen LogP contribution in [0.2, 0.25) is 0 Å². The monoisotopic (exact) mass is 332 g/mol. The first-order chi connectivity index (χ1) is 10.7. The number of anilines is 1. The highest BCUT2D eigenvalue weighted by Gasteiger charge is 2.48. The molecule has 0 spiro atoms. The van der Waals surface area contributed by atoms with Crippen molar-refractivity contribution in [3.05, 3.63) is 18.2 Å². The summed E-state index contributed by atoms with van der Waals surface area (Å²) in [6.45, 7) is 0. The molecule has 1 aliphatic heterocycles. The van der Waals surface area contributed by atoms with Crippen LogP contribution in [0.1, 0.15) is 25.7 Å². The topological polar surface area (TPSA) is 50.3 Å². The van der Waals surface area contributed by atoms with Gasteiger partial charge in [-0.2, -0.15) is 0 Å². The summed E-state index contributed by atoms with van der Waals surface area (Å²) < 4.78 is 2.03. The minimum absolute atomic E-state index is 0.0105. The minimum Gasteiger partial charge on any atom is -0.274 e. The van der Waals surface area contributed by atoms with E-state index in [0.29, 0.717) is 5.69 Å². The Morgan fingerprint density at radius 2 is 1.86 bits per heavy atom. The van der Waals surface area contributed by atoms with Crippen LogP contribution < -0.4 is 4.90 Å². The molecule has 0 bridgehead atoms. The van der Waals surface area contributed by atoms with Gasteiger partial charge in [0.2, 0.25) is 11.8 Å². The van der Waals surface area contributed by atoms with Gasteiger partial charge in [0.25, 0.3) is 0 Å². The number of benzene rings is 1. The number of hydrogen-bond acceptors (Lipinski definition) is 5. The summed E-state index contributed by atoms with van der Waals surface area (Å²) >= 11 is 3.21. The zero-order valence-electron chi connectivity index (χ0n) is 12.2. The summed E-state index contributed by atoms with van der Waals surface area (Å²) in [7, 11) is 0. The standard InChI is InChI=1S/C16H16N2O2S2/c1-21-16-17-12-7-6-9(8-13(12)22-16)18-14(19)10-4-2-3-5-11(10)15(18)20/h6-8,10-11H,2-5H2,1H3/t10-,11+. The number of thiazole rings is 1. The molecule has 0 unspecified atom stereocenters. The molecule has 1 aliphatic carbocycles. The lowest BCUT2D eigenvalue weighted by atomic mass is 9.81. The second kappa shape index (κ2) is 5.35. The van der Waals surface area contributed by atoms with E-state index < -0.39 is 0 Å². The summed E-state index contributed by atoms with van der Waals surface area (Å²) in [6.07, 6.45) is 5.81. The van der Waals surface area contributed by atoms with Crippen LogP contribution >= 0.6 is 23.1 Å². The highest BCUT2D eigenvalue weighted by molar-refractivity contribution is 8.00. The first-order valence-corrected chi connectivity index (χ1v) is 9.55. The van der Waals surface area contributed by atoms with E-state index in [-0.39, 0.29) is 23.7 Å². The molecule has 2 aromatic rings. The fourth-order valence-corrected chi connectivity index (χ4v) is 5.06. The van der Waals surface area contributed by atoms with E-state index in [2.05, 4.69) is 4.98 Å². The number of thioether (sulfide) groups is 1. The van der Waals surface area contributed by atoms with E-state index in [1.165, 1.54) is 4.90 Å². The molecule has 2 heterocycles. The largest absolute Gasteiger partial charge is 0.274 e. The molecule has 114 valence electrons. The smallest absolute Gasteiger partial charge is 0.237 e. The van der Waals surface area contributed by atoms with Crippen molar-refractivity contribution < 1.29 is 9.59 Å². The summed E-state index contributed by atoms with van der Waals surface area (Å²) in [5.74, 6) is -0.215. The van der Waals surface area contributed by atoms with Crippen LogP contribution in [-0.2, 0) is 9.59 Å². The number of hydrogen-bond donors (Lipinski definition) is 0. The van der Waals surface area contributed by atoms with Crippen LogP contribution in [0.15, 0.2) is 22.5 Å². The number of carbonyl (C=O) groups is 2. The van der Waals surface area contributed by atoms with Crippen molar-refractivity contribution in [2.45, 2.75) is 30.0 Å². The number of imide groups is 1. The lowest BCUT2D eigenvalue weighted by Crippen LogP contribution is -2.30. The van der Waals surface area contributed by atoms with Gasteiger partial charge in [-0.1, -0.05) is 24.6 Å². The Morgan fingerprint density at radius 1 is 1.18 bits per heavy atom. The van der Waals surface area contributed by atoms with Gasteiger partial charge >= 0.3 is 0 Å². The van der Waals surface area contributed by atoms with E-state index in [1.54, 1.807) is 23.1 Å². The van der Waals surface area contributed by atoms with E-state index >= 15 is 0 Å². The maximum atomic E-state index is 12.6. The number of fused-ring (bicyclic) bond motifs is 2. The molecule has 6 heteroatoms. The summed E-state index contributed by atoms with van der Waals surface area (Å²) in [5, 5.41) is 0. The van der Waals surface area contributed by atoms with Gasteiger partial charge in [-0.05, 0) is 37.3 Å². The van der Waals surface area contributed by atoms with Crippen LogP contribution in [0.5, 0.6) is 0 Å². The molecule has 2 amide bonds. The molecule has 1 aromatic carbocycles. The lowest BCUT2D eigenvalue weighted by Gasteiger charge is -2.19. The van der Waals surface area contributed by atoms with E-state index in [4.69, 9.17) is 0 Å². The summed E-state index contributed by atoms with van der Waals surface area (Å²) in [6, 6.07) is 5.68. The Hall–Kier alpha value is -1.40. The molecule has 1 saturated carbocycles. The lowest BCUT2D eigenvalue weighted by molar-refractivity contribution is -0.122. The van der Waals surface area contributed by atoms with Crippen molar-refractivity contribution >= 4 is 50.8 Å². The van der Waals surface area contributed by atoms with Crippen molar-refractivity contribution in [2.75, 3.05) is 11.2 Å². The van der Waals surface area contributed by atoms with E-state index in [9.17, 15) is 9.59 Å². The Morgan fingerprint density at radius 3 is 2.50 bits per heavy atom. The second-order valence-corrected chi connectivity index (χ2v) is 7.93. The highest BCUT2D eigenvalue weighted by atomic mass is 32.2. The van der Waals surface area contributed by atoms with E-state index in [1.807, 2.05) is 24.5 Å². The van der Waals surface area contributed by atoms with Crippen molar-refractivity contribution in [1.29, 1.82) is 0 Å². The molecule has 1 aromatic heterocycles. The van der Waals surface area contributed by atoms with Gasteiger partial charge in [-0.25, -0.2) is 4.98 Å². The van der Waals surface area contributed by atoms with Crippen LogP contribution in [0.4, 0.5) is 5.69 Å². The van der Waals surface area contributed by atoms with E-state index in [0.717, 1.165) is 40.2 Å². The number of nitrogens with zero attached hydrogens (tertiary/aromatic N) is 2. The molecule has 22 heavy (non-hydrogen) atoms. The average molecular weight is 332 g/mol. The highest BCUT2D eigenvalue weighted by Crippen LogP contribution is 2.41. The molecule has 4 rings (SSSR count). The van der Waals surface area contributed by atoms with Crippen LogP contribution in [0.3, 0.4) is 0 Å². The predicted octanol–water partition coefficient (Wildman–Crippen LogP) is 3.70. The third-order valence-electron chi connectivity index (χ3n) is 4.63. The molecule has 2 fully saturated rings. The third kappa shape index (κ3) is 2.08. The maximum absolute atomic E-state index is 12.6. The molecular formula is C16H16N2O2S2. The predicted molar refractivity (Wildman–Crippen MR) is 89.3 cm³/mol. The minimum atomic E-state index is -0.0971. The summed E-state index contributed by atoms with van der Waals surface area (Å²) in [4.78, 5) is 31.2. The van der Waals surface area contributed by atoms with Crippen LogP contribution in [-0.4, -0.2) is 23.1 Å². The zero-order valence-corrected chi connectivity index (χ0v) is 13.9. The number of rotatable bonds is 2. The Balaban J connectivity index is 1.74. The molecule has 4 nitrogen and oxygen atoms in total. The molecule has 0 N–H and O–H groups in total. The molecular weight excluding hydrogens is 316 g/mol. The number of amides is 2. The summed E-state index contributed by atoms with van der Waals surface area (Å²) in [5.41, 5.74) is 1.63. The molecule has 2 aliphatic rings. The van der Waals surface area contributed by atoms with Gasteiger partial charge in [0.15, 0.2) is 4.34 Å². The third-order valence-corrected chi connectivity index (χ3v) is 6.63. The molecule has 2 atom stereocenters. The first-order valence-electron chi connectivity index (χ1n) is 7.51. The van der Waals surface area contributed by atoms with Crippen molar-refractivity contribution in [3.63, 3.8) is 0 Å². The van der Waals surface area contributed by atoms with Gasteiger partial charge in [-0.3, -0.25) is 14.5 Å². The Bertz CT molecular complexity index is 747. The van der Waals surface area contributed by atoms with Crippen LogP contribution in [0.25, 0.3) is 10.2 Å². The van der Waals surface area contributed by atoms with Gasteiger partial charge in [0, 0.05) is 0 Å². The average Bonchev–Trinajstić information content (AvgIpc) is 3.07. The van der Waals surface area contributed by atoms with Gasteiger partial charge in [0.05, 0.1) is 27.7 Å². The molecule has 1 saturated heterocycles. The quantitative estimate of drug-likeness (QED) is 0.621. The fraction of sp³-hybridized carbons (Fsp3) is 0.438. The maximum Gasteiger partial charge on any atom is 0.237 e.